The summed E-state index contributed by atoms with van der Waals surface area (Å²) in [5, 5.41) is 69.3. The van der Waals surface area contributed by atoms with Crippen molar-refractivity contribution in [3.05, 3.63) is 36.0 Å². The van der Waals surface area contributed by atoms with Crippen LogP contribution >= 0.6 is 318 Å². The second-order valence-electron chi connectivity index (χ2n) is 10.6. The molecule has 9 N–H and O–H groups in total. The van der Waals surface area contributed by atoms with Gasteiger partial charge in [-0.25, -0.2) is 0 Å². The Morgan fingerprint density at radius 3 is 0.586 bits per heavy atom. The lowest BCUT2D eigenvalue weighted by Crippen LogP contribution is -1.93. The van der Waals surface area contributed by atoms with Crippen LogP contribution in [0, 0.1) is 36.0 Å². The number of aromatic nitrogens is 2. The number of carboxylic acid groups (broad SMARTS) is 9. The maximum Gasteiger partial charge on any atom is 0.300 e. The number of hydrogen-bond donors (Lipinski definition) is 9. The van der Waals surface area contributed by atoms with Gasteiger partial charge in [0.1, 0.15) is 7.40 Å². The van der Waals surface area contributed by atoms with Gasteiger partial charge in [0.25, 0.3) is 53.7 Å². The van der Waals surface area contributed by atoms with Crippen molar-refractivity contribution in [1.29, 1.82) is 0 Å². The molecule has 0 radical (unpaired) electrons. The SMILES string of the molecule is CC(=O)O.CC(=O)O.CC(=O)O.CC(=O)O.CC(=O)O.CC(=O)O.CC(=O)O.CC(=O)O.CC(=O)O.IOc1c(I)c(I)c2c(c1I)c(I)c(I)n2I.IOc1c(I)c(I)c2c(c1I)c(I)c(I)n2I. The van der Waals surface area contributed by atoms with Crippen LogP contribution in [0.5, 0.6) is 11.5 Å². The second-order valence-corrected chi connectivity index (χ2v) is 24.1. The zero-order valence-corrected chi connectivity index (χ0v) is 66.4. The third-order valence-electron chi connectivity index (χ3n) is 4.20. The Morgan fingerprint density at radius 2 is 0.457 bits per heavy atom. The molecule has 0 fully saturated rings. The van der Waals surface area contributed by atoms with Crippen molar-refractivity contribution in [3.8, 4) is 11.5 Å². The molecule has 4 aromatic rings. The lowest BCUT2D eigenvalue weighted by Gasteiger charge is -2.09. The van der Waals surface area contributed by atoms with Gasteiger partial charge < -0.3 is 52.1 Å². The van der Waals surface area contributed by atoms with Gasteiger partial charge in [-0.2, -0.15) is 0 Å². The summed E-state index contributed by atoms with van der Waals surface area (Å²) < 4.78 is 27.8. The van der Waals surface area contributed by atoms with E-state index >= 15 is 0 Å². The van der Waals surface area contributed by atoms with Crippen molar-refractivity contribution in [3.63, 3.8) is 0 Å². The first-order valence-corrected chi connectivity index (χ1v) is 30.7. The lowest BCUT2D eigenvalue weighted by molar-refractivity contribution is -0.135. The number of rotatable bonds is 2. The van der Waals surface area contributed by atoms with Crippen molar-refractivity contribution in [2.24, 2.45) is 0 Å². The van der Waals surface area contributed by atoms with Crippen LogP contribution in [0.4, 0.5) is 0 Å². The Labute approximate surface area is 592 Å². The van der Waals surface area contributed by atoms with E-state index in [1.165, 1.54) is 57.8 Å². The van der Waals surface area contributed by atoms with E-state index in [0.29, 0.717) is 0 Å². The van der Waals surface area contributed by atoms with Gasteiger partial charge in [0.05, 0.1) is 85.3 Å². The van der Waals surface area contributed by atoms with Crippen molar-refractivity contribution < 1.29 is 95.2 Å². The predicted molar refractivity (Wildman–Crippen MR) is 379 cm³/mol. The van der Waals surface area contributed by atoms with Gasteiger partial charge in [-0.3, -0.25) is 48.7 Å². The first kappa shape index (κ1) is 86.5. The number of benzene rings is 2. The van der Waals surface area contributed by atoms with Gasteiger partial charge in [0.15, 0.2) is 57.5 Å². The highest BCUT2D eigenvalue weighted by atomic mass is 127. The lowest BCUT2D eigenvalue weighted by atomic mass is 10.2. The Bertz CT molecular complexity index is 2090. The van der Waals surface area contributed by atoms with Crippen LogP contribution in [0.25, 0.3) is 21.8 Å². The molecule has 2 aromatic carbocycles. The molecule has 2 heterocycles. The van der Waals surface area contributed by atoms with Gasteiger partial charge in [0, 0.05) is 73.1 Å². The molecular weight excluding hydrogens is 2530 g/mol. The standard InChI is InChI=1S/2C8I7NO.9C2H4O2/c2*9-2-1-3(10)8(13)16(14)6(1)4(11)5(12)7(2)17-15;9*1-2(3)4/h;;9*1H3,(H,3,4). The largest absolute Gasteiger partial charge is 0.481 e. The minimum atomic E-state index is -0.833. The fourth-order valence-corrected chi connectivity index (χ4v) is 17.8. The molecule has 4 rings (SSSR count). The van der Waals surface area contributed by atoms with Gasteiger partial charge in [0.2, 0.25) is 0 Å². The Balaban J connectivity index is -0.000000137. The van der Waals surface area contributed by atoms with E-state index in [0.717, 1.165) is 73.8 Å². The maximum atomic E-state index is 9.00. The van der Waals surface area contributed by atoms with E-state index in [1.807, 2.05) is 46.0 Å². The molecule has 0 saturated heterocycles. The molecule has 0 aliphatic rings. The molecule has 70 heavy (non-hydrogen) atoms. The highest BCUT2D eigenvalue weighted by Crippen LogP contribution is 2.45. The van der Waals surface area contributed by atoms with E-state index < -0.39 is 53.7 Å². The van der Waals surface area contributed by atoms with E-state index in [1.54, 1.807) is 0 Å². The molecule has 0 spiro atoms. The summed E-state index contributed by atoms with van der Waals surface area (Å²) in [6.45, 7) is 9.75. The number of hydrogen-bond acceptors (Lipinski definition) is 11. The summed E-state index contributed by atoms with van der Waals surface area (Å²) in [4.78, 5) is 81.0. The average Bonchev–Trinajstić information content (AvgIpc) is 3.51. The summed E-state index contributed by atoms with van der Waals surface area (Å²) in [7, 11) is 0. The van der Waals surface area contributed by atoms with Crippen molar-refractivity contribution in [2.45, 2.75) is 62.3 Å². The molecule has 0 amide bonds. The van der Waals surface area contributed by atoms with Crippen molar-refractivity contribution in [1.82, 2.24) is 5.56 Å². The average molecular weight is 2570 g/mol. The maximum absolute atomic E-state index is 9.00. The Morgan fingerprint density at radius 1 is 0.314 bits per heavy atom. The smallest absolute Gasteiger partial charge is 0.300 e. The monoisotopic (exact) mass is 2570 g/mol. The fourth-order valence-electron chi connectivity index (χ4n) is 2.73. The predicted octanol–water partition coefficient (Wildman–Crippen LogP) is 14.0. The highest BCUT2D eigenvalue weighted by Gasteiger charge is 2.25. The molecule has 36 heteroatoms. The zero-order valence-electron chi connectivity index (χ0n) is 36.2. The van der Waals surface area contributed by atoms with Gasteiger partial charge >= 0.3 is 0 Å². The molecule has 22 nitrogen and oxygen atoms in total. The summed E-state index contributed by atoms with van der Waals surface area (Å²) in [5.74, 6) is -5.56. The third kappa shape index (κ3) is 45.6. The molecule has 0 unspecified atom stereocenters. The Hall–Kier alpha value is 2.57. The number of carboxylic acids is 9. The minimum Gasteiger partial charge on any atom is -0.481 e. The van der Waals surface area contributed by atoms with E-state index in [9.17, 15) is 0 Å². The number of aliphatic carboxylic acids is 9. The molecule has 0 bridgehead atoms. The molecule has 400 valence electrons. The third-order valence-corrected chi connectivity index (χ3v) is 23.4. The second kappa shape index (κ2) is 48.7. The molecule has 2 aromatic heterocycles. The summed E-state index contributed by atoms with van der Waals surface area (Å²) >= 11 is 32.5. The number of fused-ring (bicyclic) bond motifs is 2. The van der Waals surface area contributed by atoms with Crippen LogP contribution in [0.3, 0.4) is 0 Å². The number of carbonyl (C=O) groups is 9. The van der Waals surface area contributed by atoms with Crippen LogP contribution in [0.2, 0.25) is 0 Å². The van der Waals surface area contributed by atoms with Gasteiger partial charge in [-0.1, -0.05) is 0 Å². The van der Waals surface area contributed by atoms with Crippen LogP contribution in [0.15, 0.2) is 0 Å². The Kier molecular flexibility index (Phi) is 60.1. The molecule has 0 saturated carbocycles. The number of halogens is 14. The first-order chi connectivity index (χ1) is 31.4. The first-order valence-electron chi connectivity index (χ1n) is 16.2. The summed E-state index contributed by atoms with van der Waals surface area (Å²) in [6.07, 6.45) is 0. The van der Waals surface area contributed by atoms with Crippen LogP contribution < -0.4 is 6.13 Å². The highest BCUT2D eigenvalue weighted by molar-refractivity contribution is 14.1. The summed E-state index contributed by atoms with van der Waals surface area (Å²) in [6, 6.07) is 0. The van der Waals surface area contributed by atoms with Crippen molar-refractivity contribution >= 4 is 393 Å². The van der Waals surface area contributed by atoms with Gasteiger partial charge in [-0.05, 0) is 226 Å². The fraction of sp³-hybridized carbons (Fsp3) is 0.265. The molecule has 0 atom stereocenters. The van der Waals surface area contributed by atoms with E-state index in [2.05, 4.69) is 277 Å². The van der Waals surface area contributed by atoms with Crippen molar-refractivity contribution in [2.75, 3.05) is 0 Å². The van der Waals surface area contributed by atoms with E-state index in [4.69, 9.17) is 95.2 Å². The van der Waals surface area contributed by atoms with Crippen LogP contribution in [0.1, 0.15) is 62.3 Å². The van der Waals surface area contributed by atoms with E-state index in [-0.39, 0.29) is 0 Å². The minimum absolute atomic E-state index is 0.833. The molecular formula is C34H36I14N2O20. The zero-order chi connectivity index (χ0) is 58.0. The number of nitrogens with zero attached hydrogens (tertiary/aromatic N) is 2. The van der Waals surface area contributed by atoms with Gasteiger partial charge in [-0.15, -0.1) is 0 Å². The normalized spacial score (nSPS) is 8.67. The molecule has 0 aliphatic carbocycles. The van der Waals surface area contributed by atoms with Crippen LogP contribution in [-0.4, -0.2) is 105 Å². The molecule has 0 aliphatic heterocycles. The van der Waals surface area contributed by atoms with Crippen LogP contribution in [-0.2, 0) is 43.2 Å². The topological polar surface area (TPSA) is 364 Å². The summed E-state index contributed by atoms with van der Waals surface area (Å²) in [5.41, 5.74) is 2.57. The quantitative estimate of drug-likeness (QED) is 0.0665.